The van der Waals surface area contributed by atoms with E-state index in [9.17, 15) is 14.9 Å². The van der Waals surface area contributed by atoms with Crippen LogP contribution < -0.4 is 0 Å². The van der Waals surface area contributed by atoms with E-state index in [1.165, 1.54) is 17.0 Å². The van der Waals surface area contributed by atoms with Gasteiger partial charge in [0.1, 0.15) is 5.69 Å². The van der Waals surface area contributed by atoms with Crippen LogP contribution in [0.5, 0.6) is 0 Å². The molecule has 0 unspecified atom stereocenters. The maximum atomic E-state index is 11.3. The number of aromatic nitrogens is 1. The second-order valence-corrected chi connectivity index (χ2v) is 2.65. The number of hydrogen-bond donors (Lipinski definition) is 0. The lowest BCUT2D eigenvalue weighted by atomic mass is 10.4. The molecule has 0 aromatic carbocycles. The molecule has 0 radical (unpaired) electrons. The van der Waals surface area contributed by atoms with Crippen molar-refractivity contribution in [3.8, 4) is 0 Å². The molecule has 1 aromatic heterocycles. The molecule has 0 fully saturated rings. The Labute approximate surface area is 85.9 Å². The Balaban J connectivity index is 3.10. The fourth-order valence-electron chi connectivity index (χ4n) is 1.08. The van der Waals surface area contributed by atoms with Gasteiger partial charge in [0.05, 0.1) is 17.7 Å². The Morgan fingerprint density at radius 2 is 2.47 bits per heavy atom. The maximum Gasteiger partial charge on any atom is 0.355 e. The molecule has 0 aliphatic heterocycles. The second-order valence-electron chi connectivity index (χ2n) is 2.65. The van der Waals surface area contributed by atoms with Crippen LogP contribution in [0, 0.1) is 10.1 Å². The average Bonchev–Trinajstić information content (AvgIpc) is 2.61. The number of nitrogens with zero attached hydrogens (tertiary/aromatic N) is 2. The van der Waals surface area contributed by atoms with E-state index in [2.05, 4.69) is 6.58 Å². The summed E-state index contributed by atoms with van der Waals surface area (Å²) in [6.45, 7) is 5.32. The average molecular weight is 210 g/mol. The summed E-state index contributed by atoms with van der Waals surface area (Å²) in [7, 11) is 0. The van der Waals surface area contributed by atoms with E-state index in [0.29, 0.717) is 0 Å². The van der Waals surface area contributed by atoms with Crippen LogP contribution in [-0.2, 0) is 4.74 Å². The van der Waals surface area contributed by atoms with Gasteiger partial charge in [-0.3, -0.25) is 10.1 Å². The molecule has 0 aliphatic rings. The van der Waals surface area contributed by atoms with Crippen LogP contribution in [0.4, 0.5) is 5.69 Å². The Morgan fingerprint density at radius 3 is 2.93 bits per heavy atom. The summed E-state index contributed by atoms with van der Waals surface area (Å²) in [6.07, 6.45) is 2.51. The van der Waals surface area contributed by atoms with E-state index >= 15 is 0 Å². The highest BCUT2D eigenvalue weighted by atomic mass is 16.6. The molecule has 6 nitrogen and oxygen atoms in total. The van der Waals surface area contributed by atoms with Crippen molar-refractivity contribution < 1.29 is 14.5 Å². The van der Waals surface area contributed by atoms with Crippen LogP contribution in [0.25, 0.3) is 6.20 Å². The van der Waals surface area contributed by atoms with Gasteiger partial charge in [0.15, 0.2) is 0 Å². The molecule has 0 atom stereocenters. The SMILES string of the molecule is C=Cn1cc([N+](=O)[O-])cc1C(=O)OCC. The normalized spacial score (nSPS) is 9.67. The van der Waals surface area contributed by atoms with Crippen LogP contribution in [0.1, 0.15) is 17.4 Å². The smallest absolute Gasteiger partial charge is 0.355 e. The molecule has 15 heavy (non-hydrogen) atoms. The summed E-state index contributed by atoms with van der Waals surface area (Å²) in [5.74, 6) is -0.606. The third-order valence-electron chi connectivity index (χ3n) is 1.73. The van der Waals surface area contributed by atoms with Crippen molar-refractivity contribution in [2.45, 2.75) is 6.92 Å². The predicted molar refractivity (Wildman–Crippen MR) is 53.4 cm³/mol. The third kappa shape index (κ3) is 2.22. The van der Waals surface area contributed by atoms with Crippen molar-refractivity contribution in [1.29, 1.82) is 0 Å². The van der Waals surface area contributed by atoms with E-state index in [-0.39, 0.29) is 18.0 Å². The van der Waals surface area contributed by atoms with Gasteiger partial charge in [0.2, 0.25) is 0 Å². The number of ether oxygens (including phenoxy) is 1. The van der Waals surface area contributed by atoms with Crippen molar-refractivity contribution in [2.75, 3.05) is 6.61 Å². The monoisotopic (exact) mass is 210 g/mol. The standard InChI is InChI=1S/C9H10N2O4/c1-3-10-6-7(11(13)14)5-8(10)9(12)15-4-2/h3,5-6H,1,4H2,2H3. The zero-order chi connectivity index (χ0) is 11.4. The Bertz CT molecular complexity index is 408. The molecule has 0 amide bonds. The summed E-state index contributed by atoms with van der Waals surface area (Å²) in [4.78, 5) is 21.2. The van der Waals surface area contributed by atoms with Gasteiger partial charge in [-0.1, -0.05) is 6.58 Å². The summed E-state index contributed by atoms with van der Waals surface area (Å²) in [5.41, 5.74) is -0.0727. The maximum absolute atomic E-state index is 11.3. The molecule has 6 heteroatoms. The van der Waals surface area contributed by atoms with Gasteiger partial charge < -0.3 is 9.30 Å². The van der Waals surface area contributed by atoms with Gasteiger partial charge in [-0.15, -0.1) is 0 Å². The lowest BCUT2D eigenvalue weighted by Crippen LogP contribution is -2.08. The highest BCUT2D eigenvalue weighted by Gasteiger charge is 2.18. The predicted octanol–water partition coefficient (Wildman–Crippen LogP) is 1.67. The van der Waals surface area contributed by atoms with E-state index in [4.69, 9.17) is 4.74 Å². The minimum absolute atomic E-state index is 0.0959. The first-order valence-corrected chi connectivity index (χ1v) is 4.26. The first-order chi connectivity index (χ1) is 7.10. The van der Waals surface area contributed by atoms with Gasteiger partial charge in [0, 0.05) is 12.3 Å². The lowest BCUT2D eigenvalue weighted by Gasteiger charge is -2.01. The van der Waals surface area contributed by atoms with Gasteiger partial charge in [-0.05, 0) is 6.92 Å². The summed E-state index contributed by atoms with van der Waals surface area (Å²) < 4.78 is 5.99. The number of carbonyl (C=O) groups is 1. The molecular formula is C9H10N2O4. The zero-order valence-corrected chi connectivity index (χ0v) is 8.17. The Kier molecular flexibility index (Phi) is 3.22. The highest BCUT2D eigenvalue weighted by molar-refractivity contribution is 5.89. The van der Waals surface area contributed by atoms with Crippen molar-refractivity contribution in [2.24, 2.45) is 0 Å². The molecule has 0 spiro atoms. The molecule has 0 bridgehead atoms. The molecular weight excluding hydrogens is 200 g/mol. The fourth-order valence-corrected chi connectivity index (χ4v) is 1.08. The van der Waals surface area contributed by atoms with Gasteiger partial charge in [-0.2, -0.15) is 0 Å². The molecule has 1 aromatic rings. The minimum Gasteiger partial charge on any atom is -0.461 e. The third-order valence-corrected chi connectivity index (χ3v) is 1.73. The van der Waals surface area contributed by atoms with Crippen LogP contribution in [0.15, 0.2) is 18.8 Å². The lowest BCUT2D eigenvalue weighted by molar-refractivity contribution is -0.384. The van der Waals surface area contributed by atoms with Crippen LogP contribution >= 0.6 is 0 Å². The number of rotatable bonds is 4. The first-order valence-electron chi connectivity index (χ1n) is 4.26. The van der Waals surface area contributed by atoms with Gasteiger partial charge in [0.25, 0.3) is 5.69 Å². The summed E-state index contributed by atoms with van der Waals surface area (Å²) in [6, 6.07) is 1.15. The summed E-state index contributed by atoms with van der Waals surface area (Å²) >= 11 is 0. The number of hydrogen-bond acceptors (Lipinski definition) is 4. The van der Waals surface area contributed by atoms with Crippen LogP contribution in [-0.4, -0.2) is 22.1 Å². The van der Waals surface area contributed by atoms with E-state index in [0.717, 1.165) is 6.07 Å². The molecule has 1 rings (SSSR count). The largest absolute Gasteiger partial charge is 0.461 e. The van der Waals surface area contributed by atoms with Crippen molar-refractivity contribution in [1.82, 2.24) is 4.57 Å². The number of nitro groups is 1. The molecule has 0 N–H and O–H groups in total. The Hall–Kier alpha value is -2.11. The zero-order valence-electron chi connectivity index (χ0n) is 8.17. The van der Waals surface area contributed by atoms with Crippen LogP contribution in [0.3, 0.4) is 0 Å². The Morgan fingerprint density at radius 1 is 1.80 bits per heavy atom. The number of carbonyl (C=O) groups excluding carboxylic acids is 1. The van der Waals surface area contributed by atoms with Crippen molar-refractivity contribution in [3.05, 3.63) is 34.7 Å². The fraction of sp³-hybridized carbons (Fsp3) is 0.222. The topological polar surface area (TPSA) is 74.4 Å². The van der Waals surface area contributed by atoms with Crippen molar-refractivity contribution >= 4 is 17.9 Å². The molecule has 0 saturated heterocycles. The van der Waals surface area contributed by atoms with Gasteiger partial charge >= 0.3 is 5.97 Å². The molecule has 0 saturated carbocycles. The number of esters is 1. The molecule has 80 valence electrons. The molecule has 0 aliphatic carbocycles. The highest BCUT2D eigenvalue weighted by Crippen LogP contribution is 2.17. The molecule has 1 heterocycles. The van der Waals surface area contributed by atoms with E-state index < -0.39 is 10.9 Å². The second kappa shape index (κ2) is 4.41. The first kappa shape index (κ1) is 11.0. The minimum atomic E-state index is -0.606. The summed E-state index contributed by atoms with van der Waals surface area (Å²) in [5, 5.41) is 10.5. The van der Waals surface area contributed by atoms with E-state index in [1.807, 2.05) is 0 Å². The van der Waals surface area contributed by atoms with Gasteiger partial charge in [-0.25, -0.2) is 4.79 Å². The van der Waals surface area contributed by atoms with Crippen molar-refractivity contribution in [3.63, 3.8) is 0 Å². The van der Waals surface area contributed by atoms with Crippen LogP contribution in [0.2, 0.25) is 0 Å². The van der Waals surface area contributed by atoms with E-state index in [1.54, 1.807) is 6.92 Å². The quantitative estimate of drug-likeness (QED) is 0.430.